The third-order valence-electron chi connectivity index (χ3n) is 2.46. The lowest BCUT2D eigenvalue weighted by molar-refractivity contribution is -0.817. The first kappa shape index (κ1) is 8.99. The number of hydrogen-bond acceptors (Lipinski definition) is 1. The van der Waals surface area contributed by atoms with Crippen LogP contribution in [0.3, 0.4) is 0 Å². The fraction of sp³-hybridized carbons (Fsp3) is 0.875. The van der Waals surface area contributed by atoms with Crippen LogP contribution in [0.1, 0.15) is 32.6 Å². The van der Waals surface area contributed by atoms with Crippen LogP contribution in [0.25, 0.3) is 0 Å². The largest absolute Gasteiger partial charge is 0.291 e. The Bertz CT molecular complexity index is 169. The Morgan fingerprint density at radius 3 is 2.91 bits per heavy atom. The van der Waals surface area contributed by atoms with Gasteiger partial charge in [-0.2, -0.15) is 0 Å². The van der Waals surface area contributed by atoms with Crippen molar-refractivity contribution >= 4 is 15.5 Å². The van der Waals surface area contributed by atoms with E-state index in [1.54, 1.807) is 0 Å². The van der Waals surface area contributed by atoms with Gasteiger partial charge in [-0.15, -0.1) is 9.24 Å². The standard InChI is InChI=1S/C8H17NOP/c1-8(5-3-7-11)4-2-6-9(8)10/h6,10H,2-5,7,11H2,1H3/q+1. The lowest BCUT2D eigenvalue weighted by Gasteiger charge is -2.15. The van der Waals surface area contributed by atoms with E-state index in [-0.39, 0.29) is 5.54 Å². The smallest absolute Gasteiger partial charge is 0.208 e. The van der Waals surface area contributed by atoms with E-state index in [4.69, 9.17) is 0 Å². The highest BCUT2D eigenvalue weighted by Crippen LogP contribution is 2.26. The molecule has 0 fully saturated rings. The van der Waals surface area contributed by atoms with Crippen LogP contribution in [0.5, 0.6) is 0 Å². The molecule has 0 aliphatic carbocycles. The van der Waals surface area contributed by atoms with Crippen molar-refractivity contribution in [1.82, 2.24) is 0 Å². The first-order chi connectivity index (χ1) is 5.19. The van der Waals surface area contributed by atoms with Crippen LogP contribution in [-0.2, 0) is 0 Å². The van der Waals surface area contributed by atoms with Gasteiger partial charge in [-0.25, -0.2) is 0 Å². The topological polar surface area (TPSA) is 23.2 Å². The maximum atomic E-state index is 9.45. The molecular weight excluding hydrogens is 157 g/mol. The van der Waals surface area contributed by atoms with Crippen LogP contribution in [-0.4, -0.2) is 27.9 Å². The van der Waals surface area contributed by atoms with Gasteiger partial charge in [0.2, 0.25) is 5.54 Å². The van der Waals surface area contributed by atoms with Crippen LogP contribution in [0, 0.1) is 0 Å². The van der Waals surface area contributed by atoms with Crippen LogP contribution < -0.4 is 0 Å². The van der Waals surface area contributed by atoms with Crippen molar-refractivity contribution in [2.75, 3.05) is 6.16 Å². The zero-order valence-corrected chi connectivity index (χ0v) is 8.24. The van der Waals surface area contributed by atoms with Crippen LogP contribution in [0.4, 0.5) is 0 Å². The van der Waals surface area contributed by atoms with E-state index in [0.29, 0.717) is 0 Å². The van der Waals surface area contributed by atoms with Gasteiger partial charge in [-0.3, -0.25) is 5.21 Å². The highest BCUT2D eigenvalue weighted by molar-refractivity contribution is 7.16. The van der Waals surface area contributed by atoms with Crippen LogP contribution >= 0.6 is 9.24 Å². The predicted molar refractivity (Wildman–Crippen MR) is 49.6 cm³/mol. The molecule has 1 aliphatic heterocycles. The van der Waals surface area contributed by atoms with Gasteiger partial charge in [0.05, 0.1) is 0 Å². The molecule has 0 aromatic heterocycles. The summed E-state index contributed by atoms with van der Waals surface area (Å²) in [6.07, 6.45) is 7.37. The van der Waals surface area contributed by atoms with Crippen molar-refractivity contribution in [1.29, 1.82) is 0 Å². The van der Waals surface area contributed by atoms with Gasteiger partial charge in [0, 0.05) is 26.2 Å². The van der Waals surface area contributed by atoms with E-state index >= 15 is 0 Å². The summed E-state index contributed by atoms with van der Waals surface area (Å²) < 4.78 is 1.40. The van der Waals surface area contributed by atoms with Gasteiger partial charge in [-0.1, -0.05) is 0 Å². The summed E-state index contributed by atoms with van der Waals surface area (Å²) in [4.78, 5) is 0. The minimum absolute atomic E-state index is 0.0244. The average molecular weight is 174 g/mol. The fourth-order valence-corrected chi connectivity index (χ4v) is 1.76. The molecule has 64 valence electrons. The van der Waals surface area contributed by atoms with Crippen molar-refractivity contribution in [2.45, 2.75) is 38.1 Å². The normalized spacial score (nSPS) is 30.5. The van der Waals surface area contributed by atoms with E-state index in [0.717, 1.165) is 25.4 Å². The van der Waals surface area contributed by atoms with Crippen molar-refractivity contribution in [2.24, 2.45) is 0 Å². The molecule has 0 saturated carbocycles. The predicted octanol–water partition coefficient (Wildman–Crippen LogP) is 1.67. The Kier molecular flexibility index (Phi) is 2.89. The summed E-state index contributed by atoms with van der Waals surface area (Å²) in [5, 5.41) is 9.45. The zero-order valence-electron chi connectivity index (χ0n) is 7.08. The Morgan fingerprint density at radius 2 is 2.45 bits per heavy atom. The number of hydrogen-bond donors (Lipinski definition) is 1. The van der Waals surface area contributed by atoms with Gasteiger partial charge in [0.25, 0.3) is 0 Å². The third-order valence-corrected chi connectivity index (χ3v) is 2.87. The Hall–Kier alpha value is -0.100. The molecule has 0 saturated heterocycles. The number of nitrogens with zero attached hydrogens (tertiary/aromatic N) is 1. The second-order valence-electron chi connectivity index (χ2n) is 3.45. The van der Waals surface area contributed by atoms with Crippen molar-refractivity contribution in [3.05, 3.63) is 0 Å². The highest BCUT2D eigenvalue weighted by atomic mass is 31.0. The second-order valence-corrected chi connectivity index (χ2v) is 4.03. The fourth-order valence-electron chi connectivity index (χ4n) is 1.56. The second kappa shape index (κ2) is 3.53. The number of rotatable bonds is 3. The zero-order chi connectivity index (χ0) is 8.32. The summed E-state index contributed by atoms with van der Waals surface area (Å²) in [5.41, 5.74) is 0.0244. The first-order valence-corrected chi connectivity index (χ1v) is 5.02. The maximum absolute atomic E-state index is 9.45. The molecule has 1 N–H and O–H groups in total. The van der Waals surface area contributed by atoms with Gasteiger partial charge < -0.3 is 0 Å². The van der Waals surface area contributed by atoms with Crippen LogP contribution in [0.2, 0.25) is 0 Å². The molecule has 1 aliphatic rings. The quantitative estimate of drug-likeness (QED) is 0.392. The van der Waals surface area contributed by atoms with E-state index in [1.807, 2.05) is 6.21 Å². The molecule has 0 aromatic carbocycles. The molecule has 0 aromatic rings. The van der Waals surface area contributed by atoms with E-state index in [2.05, 4.69) is 16.2 Å². The Morgan fingerprint density at radius 1 is 1.73 bits per heavy atom. The van der Waals surface area contributed by atoms with Gasteiger partial charge in [0.15, 0.2) is 6.21 Å². The highest BCUT2D eigenvalue weighted by Gasteiger charge is 2.40. The molecule has 0 bridgehead atoms. The Labute approximate surface area is 70.5 Å². The van der Waals surface area contributed by atoms with Crippen molar-refractivity contribution in [3.63, 3.8) is 0 Å². The molecule has 1 rings (SSSR count). The SMILES string of the molecule is CC1(CCCP)CCC=[N+]1O. The minimum Gasteiger partial charge on any atom is -0.291 e. The molecule has 0 spiro atoms. The summed E-state index contributed by atoms with van der Waals surface area (Å²) in [5.74, 6) is 0. The molecule has 2 nitrogen and oxygen atoms in total. The molecular formula is C8H17NOP+. The van der Waals surface area contributed by atoms with E-state index < -0.39 is 0 Å². The minimum atomic E-state index is 0.0244. The van der Waals surface area contributed by atoms with Crippen molar-refractivity contribution in [3.8, 4) is 0 Å². The summed E-state index contributed by atoms with van der Waals surface area (Å²) in [6.45, 7) is 2.12. The van der Waals surface area contributed by atoms with E-state index in [1.165, 1.54) is 11.2 Å². The van der Waals surface area contributed by atoms with Crippen LogP contribution in [0.15, 0.2) is 0 Å². The molecule has 3 heteroatoms. The lowest BCUT2D eigenvalue weighted by atomic mass is 9.94. The average Bonchev–Trinajstić information content (AvgIpc) is 2.30. The lowest BCUT2D eigenvalue weighted by Crippen LogP contribution is -2.33. The van der Waals surface area contributed by atoms with Gasteiger partial charge in [-0.05, 0) is 17.3 Å². The number of hydroxylamine groups is 1. The Balaban J connectivity index is 2.46. The molecule has 11 heavy (non-hydrogen) atoms. The molecule has 0 amide bonds. The third kappa shape index (κ3) is 1.93. The van der Waals surface area contributed by atoms with Crippen molar-refractivity contribution < 1.29 is 9.95 Å². The molecule has 2 atom stereocenters. The molecule has 1 heterocycles. The van der Waals surface area contributed by atoms with Gasteiger partial charge in [0.1, 0.15) is 0 Å². The molecule has 0 radical (unpaired) electrons. The summed E-state index contributed by atoms with van der Waals surface area (Å²) in [6, 6.07) is 0. The summed E-state index contributed by atoms with van der Waals surface area (Å²) in [7, 11) is 2.72. The first-order valence-electron chi connectivity index (χ1n) is 4.21. The van der Waals surface area contributed by atoms with E-state index in [9.17, 15) is 5.21 Å². The molecule has 2 unspecified atom stereocenters. The van der Waals surface area contributed by atoms with Gasteiger partial charge >= 0.3 is 0 Å². The summed E-state index contributed by atoms with van der Waals surface area (Å²) >= 11 is 0. The monoisotopic (exact) mass is 174 g/mol. The maximum Gasteiger partial charge on any atom is 0.208 e.